The van der Waals surface area contributed by atoms with Crippen molar-refractivity contribution in [3.63, 3.8) is 0 Å². The highest BCUT2D eigenvalue weighted by Crippen LogP contribution is 2.16. The number of carbonyl (C=O) groups excluding carboxylic acids is 1. The maximum Gasteiger partial charge on any atom is 0.260 e. The highest BCUT2D eigenvalue weighted by molar-refractivity contribution is 6.30. The number of rotatable bonds is 5. The fraction of sp³-hybridized carbons (Fsp3) is 0.316. The molecule has 0 N–H and O–H groups in total. The van der Waals surface area contributed by atoms with Gasteiger partial charge in [0.15, 0.2) is 18.2 Å². The quantitative estimate of drug-likeness (QED) is 0.818. The molecule has 1 amide bonds. The Morgan fingerprint density at radius 1 is 1.04 bits per heavy atom. The first-order valence-electron chi connectivity index (χ1n) is 8.24. The first kappa shape index (κ1) is 17.7. The molecule has 1 heterocycles. The van der Waals surface area contributed by atoms with Gasteiger partial charge in [0, 0.05) is 37.7 Å². The van der Waals surface area contributed by atoms with E-state index >= 15 is 0 Å². The Morgan fingerprint density at radius 3 is 2.40 bits per heavy atom. The van der Waals surface area contributed by atoms with Crippen LogP contribution in [-0.4, -0.2) is 48.5 Å². The average molecular weight is 363 g/mol. The van der Waals surface area contributed by atoms with Crippen molar-refractivity contribution < 1.29 is 13.9 Å². The van der Waals surface area contributed by atoms with Gasteiger partial charge >= 0.3 is 0 Å². The molecule has 2 aromatic rings. The second-order valence-corrected chi connectivity index (χ2v) is 6.44. The lowest BCUT2D eigenvalue weighted by Gasteiger charge is -2.34. The second kappa shape index (κ2) is 8.32. The molecule has 1 saturated heterocycles. The van der Waals surface area contributed by atoms with Crippen LogP contribution >= 0.6 is 11.6 Å². The fourth-order valence-corrected chi connectivity index (χ4v) is 2.92. The molecule has 0 atom stereocenters. The summed E-state index contributed by atoms with van der Waals surface area (Å²) in [7, 11) is 0. The topological polar surface area (TPSA) is 32.8 Å². The van der Waals surface area contributed by atoms with Crippen LogP contribution in [0, 0.1) is 5.82 Å². The molecule has 0 aromatic heterocycles. The molecule has 0 unspecified atom stereocenters. The minimum atomic E-state index is -0.455. The van der Waals surface area contributed by atoms with Crippen molar-refractivity contribution in [2.24, 2.45) is 0 Å². The zero-order valence-corrected chi connectivity index (χ0v) is 14.6. The summed E-state index contributed by atoms with van der Waals surface area (Å²) in [5.74, 6) is -0.463. The highest BCUT2D eigenvalue weighted by Gasteiger charge is 2.21. The lowest BCUT2D eigenvalue weighted by Crippen LogP contribution is -2.49. The third-order valence-electron chi connectivity index (χ3n) is 4.23. The van der Waals surface area contributed by atoms with Gasteiger partial charge in [-0.25, -0.2) is 4.39 Å². The van der Waals surface area contributed by atoms with Crippen LogP contribution < -0.4 is 4.74 Å². The number of halogens is 2. The van der Waals surface area contributed by atoms with Crippen molar-refractivity contribution in [3.05, 3.63) is 64.9 Å². The second-order valence-electron chi connectivity index (χ2n) is 6.00. The van der Waals surface area contributed by atoms with Gasteiger partial charge in [0.05, 0.1) is 0 Å². The Bertz CT molecular complexity index is 716. The maximum atomic E-state index is 13.5. The Balaban J connectivity index is 1.44. The average Bonchev–Trinajstić information content (AvgIpc) is 2.63. The van der Waals surface area contributed by atoms with Crippen molar-refractivity contribution in [2.75, 3.05) is 32.8 Å². The molecular formula is C19H20ClFN2O2. The van der Waals surface area contributed by atoms with Crippen LogP contribution in [0.15, 0.2) is 48.5 Å². The molecule has 4 nitrogen and oxygen atoms in total. The molecule has 0 spiro atoms. The normalized spacial score (nSPS) is 15.2. The molecule has 0 saturated carbocycles. The molecule has 0 bridgehead atoms. The minimum Gasteiger partial charge on any atom is -0.481 e. The third kappa shape index (κ3) is 4.94. The number of hydrogen-bond acceptors (Lipinski definition) is 3. The van der Waals surface area contributed by atoms with Gasteiger partial charge in [-0.05, 0) is 29.8 Å². The number of ether oxygens (including phenoxy) is 1. The number of benzene rings is 2. The minimum absolute atomic E-state index is 0.109. The van der Waals surface area contributed by atoms with Crippen molar-refractivity contribution in [1.82, 2.24) is 9.80 Å². The van der Waals surface area contributed by atoms with E-state index in [0.717, 1.165) is 24.7 Å². The van der Waals surface area contributed by atoms with Crippen LogP contribution in [0.2, 0.25) is 5.02 Å². The Morgan fingerprint density at radius 2 is 1.72 bits per heavy atom. The van der Waals surface area contributed by atoms with Gasteiger partial charge in [0.2, 0.25) is 0 Å². The zero-order valence-electron chi connectivity index (χ0n) is 13.8. The van der Waals surface area contributed by atoms with Gasteiger partial charge in [-0.3, -0.25) is 9.69 Å². The molecule has 0 aliphatic carbocycles. The summed E-state index contributed by atoms with van der Waals surface area (Å²) in [6, 6.07) is 13.9. The molecule has 1 aliphatic rings. The number of para-hydroxylation sites is 1. The summed E-state index contributed by atoms with van der Waals surface area (Å²) in [5.41, 5.74) is 1.20. The van der Waals surface area contributed by atoms with Gasteiger partial charge in [-0.15, -0.1) is 0 Å². The fourth-order valence-electron chi connectivity index (χ4n) is 2.80. The summed E-state index contributed by atoms with van der Waals surface area (Å²) in [5, 5.41) is 0.731. The van der Waals surface area contributed by atoms with Gasteiger partial charge in [-0.1, -0.05) is 35.9 Å². The first-order chi connectivity index (χ1) is 12.1. The summed E-state index contributed by atoms with van der Waals surface area (Å²) >= 11 is 5.90. The van der Waals surface area contributed by atoms with Crippen LogP contribution in [0.25, 0.3) is 0 Å². The van der Waals surface area contributed by atoms with E-state index in [4.69, 9.17) is 16.3 Å². The van der Waals surface area contributed by atoms with E-state index in [1.54, 1.807) is 17.0 Å². The zero-order chi connectivity index (χ0) is 17.6. The number of piperazine rings is 1. The van der Waals surface area contributed by atoms with E-state index in [-0.39, 0.29) is 18.3 Å². The van der Waals surface area contributed by atoms with Crippen LogP contribution in [0.1, 0.15) is 5.56 Å². The van der Waals surface area contributed by atoms with E-state index in [1.807, 2.05) is 24.3 Å². The predicted octanol–water partition coefficient (Wildman–Crippen LogP) is 3.20. The smallest absolute Gasteiger partial charge is 0.260 e. The molecule has 6 heteroatoms. The lowest BCUT2D eigenvalue weighted by molar-refractivity contribution is -0.135. The monoisotopic (exact) mass is 362 g/mol. The van der Waals surface area contributed by atoms with Crippen molar-refractivity contribution in [2.45, 2.75) is 6.54 Å². The van der Waals surface area contributed by atoms with E-state index in [2.05, 4.69) is 4.90 Å². The number of carbonyl (C=O) groups is 1. The summed E-state index contributed by atoms with van der Waals surface area (Å²) in [6.45, 7) is 3.59. The van der Waals surface area contributed by atoms with Gasteiger partial charge in [0.1, 0.15) is 0 Å². The molecular weight excluding hydrogens is 343 g/mol. The number of nitrogens with zero attached hydrogens (tertiary/aromatic N) is 2. The van der Waals surface area contributed by atoms with Crippen molar-refractivity contribution in [1.29, 1.82) is 0 Å². The van der Waals surface area contributed by atoms with E-state index < -0.39 is 5.82 Å². The van der Waals surface area contributed by atoms with Crippen LogP contribution in [0.5, 0.6) is 5.75 Å². The van der Waals surface area contributed by atoms with E-state index in [0.29, 0.717) is 13.1 Å². The third-order valence-corrected chi connectivity index (χ3v) is 4.48. The number of amides is 1. The van der Waals surface area contributed by atoms with E-state index in [1.165, 1.54) is 17.7 Å². The first-order valence-corrected chi connectivity index (χ1v) is 8.61. The van der Waals surface area contributed by atoms with Gasteiger partial charge in [-0.2, -0.15) is 0 Å². The highest BCUT2D eigenvalue weighted by atomic mass is 35.5. The standard InChI is InChI=1S/C19H20ClFN2O2/c20-16-7-5-15(6-8-16)13-22-9-11-23(12-10-22)19(24)14-25-18-4-2-1-3-17(18)21/h1-8H,9-14H2. The van der Waals surface area contributed by atoms with Gasteiger partial charge in [0.25, 0.3) is 5.91 Å². The Hall–Kier alpha value is -2.11. The number of hydrogen-bond donors (Lipinski definition) is 0. The summed E-state index contributed by atoms with van der Waals surface area (Å²) < 4.78 is 18.8. The van der Waals surface area contributed by atoms with Gasteiger partial charge < -0.3 is 9.64 Å². The molecule has 1 fully saturated rings. The molecule has 2 aromatic carbocycles. The Kier molecular flexibility index (Phi) is 5.89. The van der Waals surface area contributed by atoms with Crippen molar-refractivity contribution in [3.8, 4) is 5.75 Å². The van der Waals surface area contributed by atoms with E-state index in [9.17, 15) is 9.18 Å². The molecule has 25 heavy (non-hydrogen) atoms. The van der Waals surface area contributed by atoms with Crippen LogP contribution in [0.4, 0.5) is 4.39 Å². The summed E-state index contributed by atoms with van der Waals surface area (Å²) in [4.78, 5) is 16.3. The molecule has 0 radical (unpaired) electrons. The summed E-state index contributed by atoms with van der Waals surface area (Å²) in [6.07, 6.45) is 0. The molecule has 3 rings (SSSR count). The van der Waals surface area contributed by atoms with Crippen molar-refractivity contribution >= 4 is 17.5 Å². The molecule has 132 valence electrons. The van der Waals surface area contributed by atoms with Crippen LogP contribution in [0.3, 0.4) is 0 Å². The van der Waals surface area contributed by atoms with Crippen LogP contribution in [-0.2, 0) is 11.3 Å². The predicted molar refractivity (Wildman–Crippen MR) is 95.2 cm³/mol. The molecule has 1 aliphatic heterocycles. The SMILES string of the molecule is O=C(COc1ccccc1F)N1CCN(Cc2ccc(Cl)cc2)CC1. The maximum absolute atomic E-state index is 13.5. The Labute approximate surface area is 151 Å². The largest absolute Gasteiger partial charge is 0.481 e. The lowest BCUT2D eigenvalue weighted by atomic mass is 10.2.